The highest BCUT2D eigenvalue weighted by atomic mass is 32.2. The molecule has 0 saturated heterocycles. The summed E-state index contributed by atoms with van der Waals surface area (Å²) in [5, 5.41) is -0.114. The lowest BCUT2D eigenvalue weighted by Crippen LogP contribution is -2.31. The quantitative estimate of drug-likeness (QED) is 0.869. The Bertz CT molecular complexity index is 600. The maximum absolute atomic E-state index is 12.0. The Hall–Kier alpha value is -1.37. The normalized spacial score (nSPS) is 17.2. The van der Waals surface area contributed by atoms with Gasteiger partial charge in [-0.25, -0.2) is 9.71 Å². The third-order valence-corrected chi connectivity index (χ3v) is 5.01. The predicted molar refractivity (Wildman–Crippen MR) is 74.5 cm³/mol. The van der Waals surface area contributed by atoms with Gasteiger partial charge >= 0.3 is 0 Å². The lowest BCUT2D eigenvalue weighted by molar-refractivity contribution is -0.119. The van der Waals surface area contributed by atoms with Crippen LogP contribution in [0.2, 0.25) is 0 Å². The van der Waals surface area contributed by atoms with E-state index in [-0.39, 0.29) is 22.9 Å². The smallest absolute Gasteiger partial charge is 0.283 e. The van der Waals surface area contributed by atoms with Gasteiger partial charge in [0.1, 0.15) is 0 Å². The Morgan fingerprint density at radius 2 is 2.15 bits per heavy atom. The highest BCUT2D eigenvalue weighted by Crippen LogP contribution is 2.48. The minimum absolute atomic E-state index is 0.114. The molecule has 1 fully saturated rings. The number of rotatable bonds is 6. The van der Waals surface area contributed by atoms with Crippen molar-refractivity contribution in [1.29, 1.82) is 0 Å². The predicted octanol–water partition coefficient (Wildman–Crippen LogP) is 1.85. The molecular weight excluding hydrogens is 278 g/mol. The van der Waals surface area contributed by atoms with Crippen molar-refractivity contribution in [1.82, 2.24) is 14.3 Å². The first-order valence-electron chi connectivity index (χ1n) is 6.81. The van der Waals surface area contributed by atoms with Crippen molar-refractivity contribution in [2.75, 3.05) is 0 Å². The number of amides is 1. The molecule has 1 aromatic heterocycles. The van der Waals surface area contributed by atoms with Gasteiger partial charge in [-0.05, 0) is 38.5 Å². The van der Waals surface area contributed by atoms with Crippen molar-refractivity contribution in [3.8, 4) is 0 Å². The number of aromatic nitrogens is 2. The third kappa shape index (κ3) is 3.59. The molecule has 1 saturated carbocycles. The van der Waals surface area contributed by atoms with E-state index in [1.165, 1.54) is 12.5 Å². The molecule has 1 heterocycles. The number of imidazole rings is 1. The van der Waals surface area contributed by atoms with E-state index in [4.69, 9.17) is 0 Å². The second-order valence-corrected chi connectivity index (χ2v) is 7.72. The van der Waals surface area contributed by atoms with Gasteiger partial charge in [0.2, 0.25) is 5.91 Å². The van der Waals surface area contributed by atoms with E-state index >= 15 is 0 Å². The molecule has 1 amide bonds. The van der Waals surface area contributed by atoms with Crippen LogP contribution in [0.3, 0.4) is 0 Å². The van der Waals surface area contributed by atoms with E-state index in [0.717, 1.165) is 19.3 Å². The number of sulfonamides is 1. The zero-order chi connectivity index (χ0) is 15.0. The molecule has 112 valence electrons. The fraction of sp³-hybridized carbons (Fsp3) is 0.692. The summed E-state index contributed by atoms with van der Waals surface area (Å²) in [6.45, 7) is 5.96. The van der Waals surface area contributed by atoms with Gasteiger partial charge in [0.05, 0.1) is 6.33 Å². The van der Waals surface area contributed by atoms with Crippen molar-refractivity contribution in [2.24, 2.45) is 5.41 Å². The molecule has 1 aromatic rings. The Labute approximate surface area is 119 Å². The molecule has 0 radical (unpaired) electrons. The van der Waals surface area contributed by atoms with Crippen LogP contribution in [0, 0.1) is 5.41 Å². The molecule has 0 aromatic carbocycles. The monoisotopic (exact) mass is 299 g/mol. The molecule has 0 spiro atoms. The van der Waals surface area contributed by atoms with E-state index in [2.05, 4.69) is 16.6 Å². The summed E-state index contributed by atoms with van der Waals surface area (Å²) >= 11 is 0. The molecule has 1 N–H and O–H groups in total. The molecule has 2 rings (SSSR count). The maximum atomic E-state index is 12.0. The first-order valence-corrected chi connectivity index (χ1v) is 8.29. The zero-order valence-electron chi connectivity index (χ0n) is 12.1. The number of nitrogens with zero attached hydrogens (tertiary/aromatic N) is 2. The van der Waals surface area contributed by atoms with Gasteiger partial charge in [0.25, 0.3) is 10.0 Å². The molecule has 0 aliphatic heterocycles. The number of hydrogen-bond acceptors (Lipinski definition) is 4. The van der Waals surface area contributed by atoms with Crippen molar-refractivity contribution in [3.05, 3.63) is 12.5 Å². The molecule has 20 heavy (non-hydrogen) atoms. The zero-order valence-corrected chi connectivity index (χ0v) is 12.9. The second-order valence-electron chi connectivity index (χ2n) is 6.09. The van der Waals surface area contributed by atoms with Crippen LogP contribution in [0.25, 0.3) is 0 Å². The molecule has 7 heteroatoms. The highest BCUT2D eigenvalue weighted by molar-refractivity contribution is 7.90. The number of nitrogens with one attached hydrogen (secondary N) is 1. The van der Waals surface area contributed by atoms with Crippen LogP contribution in [0.15, 0.2) is 17.6 Å². The van der Waals surface area contributed by atoms with E-state index in [0.29, 0.717) is 0 Å². The number of hydrogen-bond donors (Lipinski definition) is 1. The summed E-state index contributed by atoms with van der Waals surface area (Å²) in [6, 6.07) is 0.122. The van der Waals surface area contributed by atoms with Gasteiger partial charge < -0.3 is 4.57 Å². The van der Waals surface area contributed by atoms with Crippen LogP contribution in [0.1, 0.15) is 52.5 Å². The van der Waals surface area contributed by atoms with Crippen LogP contribution in [0.4, 0.5) is 0 Å². The van der Waals surface area contributed by atoms with Crippen LogP contribution in [-0.4, -0.2) is 23.9 Å². The molecule has 0 atom stereocenters. The second kappa shape index (κ2) is 5.20. The Morgan fingerprint density at radius 1 is 1.50 bits per heavy atom. The van der Waals surface area contributed by atoms with Gasteiger partial charge in [-0.15, -0.1) is 0 Å². The maximum Gasteiger partial charge on any atom is 0.283 e. The molecule has 1 aliphatic rings. The lowest BCUT2D eigenvalue weighted by atomic mass is 10.0. The molecule has 6 nitrogen and oxygen atoms in total. The van der Waals surface area contributed by atoms with Crippen molar-refractivity contribution in [2.45, 2.75) is 57.5 Å². The van der Waals surface area contributed by atoms with Crippen molar-refractivity contribution in [3.63, 3.8) is 0 Å². The summed E-state index contributed by atoms with van der Waals surface area (Å²) in [5.74, 6) is -0.461. The molecule has 0 unspecified atom stereocenters. The van der Waals surface area contributed by atoms with Gasteiger partial charge in [0, 0.05) is 18.7 Å². The van der Waals surface area contributed by atoms with E-state index in [1.807, 2.05) is 13.8 Å². The van der Waals surface area contributed by atoms with E-state index in [9.17, 15) is 13.2 Å². The standard InChI is InChI=1S/C13H21N3O3S/c1-10(2)16-8-12(14-9-16)20(18,19)15-11(17)4-5-13(3)6-7-13/h8-10H,4-7H2,1-3H3,(H,15,17). The fourth-order valence-corrected chi connectivity index (χ4v) is 2.82. The molecular formula is C13H21N3O3S. The summed E-state index contributed by atoms with van der Waals surface area (Å²) in [4.78, 5) is 15.6. The van der Waals surface area contributed by atoms with Gasteiger partial charge in [-0.2, -0.15) is 8.42 Å². The Kier molecular flexibility index (Phi) is 3.90. The van der Waals surface area contributed by atoms with E-state index < -0.39 is 15.9 Å². The average Bonchev–Trinajstić information content (AvgIpc) is 2.90. The Balaban J connectivity index is 1.96. The summed E-state index contributed by atoms with van der Waals surface area (Å²) in [6.07, 6.45) is 6.09. The third-order valence-electron chi connectivity index (χ3n) is 3.76. The van der Waals surface area contributed by atoms with Crippen LogP contribution >= 0.6 is 0 Å². The van der Waals surface area contributed by atoms with Crippen LogP contribution in [0.5, 0.6) is 0 Å². The van der Waals surface area contributed by atoms with Gasteiger partial charge in [0.15, 0.2) is 5.03 Å². The SMILES string of the molecule is CC(C)n1cnc(S(=O)(=O)NC(=O)CCC2(C)CC2)c1. The summed E-state index contributed by atoms with van der Waals surface area (Å²) in [7, 11) is -3.85. The first-order chi connectivity index (χ1) is 9.22. The fourth-order valence-electron chi connectivity index (χ4n) is 1.87. The van der Waals surface area contributed by atoms with E-state index in [1.54, 1.807) is 4.57 Å². The topological polar surface area (TPSA) is 81.1 Å². The first kappa shape index (κ1) is 15.0. The average molecular weight is 299 g/mol. The van der Waals surface area contributed by atoms with Crippen molar-refractivity contribution >= 4 is 15.9 Å². The lowest BCUT2D eigenvalue weighted by Gasteiger charge is -2.08. The van der Waals surface area contributed by atoms with Gasteiger partial charge in [-0.1, -0.05) is 6.92 Å². The highest BCUT2D eigenvalue weighted by Gasteiger charge is 2.37. The summed E-state index contributed by atoms with van der Waals surface area (Å²) < 4.78 is 27.8. The minimum Gasteiger partial charge on any atom is -0.334 e. The Morgan fingerprint density at radius 3 is 2.65 bits per heavy atom. The van der Waals surface area contributed by atoms with Crippen LogP contribution in [-0.2, 0) is 14.8 Å². The molecule has 0 bridgehead atoms. The van der Waals surface area contributed by atoms with Crippen molar-refractivity contribution < 1.29 is 13.2 Å². The van der Waals surface area contributed by atoms with Gasteiger partial charge in [-0.3, -0.25) is 4.79 Å². The molecule has 1 aliphatic carbocycles. The summed E-state index contributed by atoms with van der Waals surface area (Å²) in [5.41, 5.74) is 0.236. The minimum atomic E-state index is -3.85. The largest absolute Gasteiger partial charge is 0.334 e. The number of carbonyl (C=O) groups is 1. The number of carbonyl (C=O) groups excluding carboxylic acids is 1. The van der Waals surface area contributed by atoms with Crippen LogP contribution < -0.4 is 4.72 Å².